The van der Waals surface area contributed by atoms with Gasteiger partial charge in [0.05, 0.1) is 0 Å². The number of aromatic nitrogens is 2. The largest absolute Gasteiger partial charge is 0.327 e. The Morgan fingerprint density at radius 2 is 2.18 bits per heavy atom. The number of rotatable bonds is 5. The second kappa shape index (κ2) is 5.21. The van der Waals surface area contributed by atoms with Gasteiger partial charge in [0.2, 0.25) is 0 Å². The third-order valence-corrected chi connectivity index (χ3v) is 4.72. The smallest absolute Gasteiger partial charge is 0.0492 e. The van der Waals surface area contributed by atoms with Crippen molar-refractivity contribution in [1.29, 1.82) is 0 Å². The molecule has 2 rings (SSSR count). The van der Waals surface area contributed by atoms with E-state index in [0.29, 0.717) is 11.5 Å². The van der Waals surface area contributed by atoms with E-state index in [1.54, 1.807) is 0 Å². The van der Waals surface area contributed by atoms with Crippen LogP contribution in [0.2, 0.25) is 0 Å². The number of nitrogens with two attached hydrogens (primary N) is 1. The Morgan fingerprint density at radius 3 is 2.71 bits per heavy atom. The summed E-state index contributed by atoms with van der Waals surface area (Å²) in [5.41, 5.74) is 8.19. The average Bonchev–Trinajstić information content (AvgIpc) is 2.95. The van der Waals surface area contributed by atoms with Gasteiger partial charge in [-0.1, -0.05) is 19.8 Å². The first kappa shape index (κ1) is 12.6. The highest BCUT2D eigenvalue weighted by molar-refractivity contribution is 5.02. The molecule has 17 heavy (non-hydrogen) atoms. The van der Waals surface area contributed by atoms with Gasteiger partial charge in [0, 0.05) is 25.0 Å². The molecule has 1 heterocycles. The minimum atomic E-state index is 0.352. The third-order valence-electron chi connectivity index (χ3n) is 4.72. The van der Waals surface area contributed by atoms with Gasteiger partial charge in [-0.25, -0.2) is 0 Å². The minimum Gasteiger partial charge on any atom is -0.327 e. The molecule has 0 bridgehead atoms. The Labute approximate surface area is 104 Å². The molecule has 0 spiro atoms. The van der Waals surface area contributed by atoms with Crippen LogP contribution in [0.5, 0.6) is 0 Å². The molecular weight excluding hydrogens is 210 g/mol. The third kappa shape index (κ3) is 2.54. The van der Waals surface area contributed by atoms with Crippen LogP contribution in [-0.4, -0.2) is 15.8 Å². The lowest BCUT2D eigenvalue weighted by atomic mass is 9.75. The Morgan fingerprint density at radius 1 is 1.47 bits per heavy atom. The van der Waals surface area contributed by atoms with Gasteiger partial charge in [-0.05, 0) is 43.6 Å². The fourth-order valence-electron chi connectivity index (χ4n) is 3.32. The number of hydrogen-bond acceptors (Lipinski definition) is 2. The van der Waals surface area contributed by atoms with Crippen LogP contribution < -0.4 is 5.73 Å². The fourth-order valence-corrected chi connectivity index (χ4v) is 3.32. The average molecular weight is 235 g/mol. The van der Waals surface area contributed by atoms with Crippen molar-refractivity contribution >= 4 is 0 Å². The van der Waals surface area contributed by atoms with Gasteiger partial charge in [-0.15, -0.1) is 0 Å². The molecule has 0 aliphatic heterocycles. The Bertz CT molecular complexity index is 350. The Hall–Kier alpha value is -0.830. The van der Waals surface area contributed by atoms with Gasteiger partial charge < -0.3 is 5.73 Å². The van der Waals surface area contributed by atoms with Crippen molar-refractivity contribution in [2.24, 2.45) is 18.2 Å². The zero-order valence-electron chi connectivity index (χ0n) is 11.2. The van der Waals surface area contributed by atoms with Crippen molar-refractivity contribution in [2.75, 3.05) is 0 Å². The second-order valence-electron chi connectivity index (χ2n) is 5.51. The number of nitrogens with zero attached hydrogens (tertiary/aromatic N) is 2. The fraction of sp³-hybridized carbons (Fsp3) is 0.786. The van der Waals surface area contributed by atoms with Crippen molar-refractivity contribution in [3.63, 3.8) is 0 Å². The van der Waals surface area contributed by atoms with Crippen molar-refractivity contribution < 1.29 is 0 Å². The van der Waals surface area contributed by atoms with Gasteiger partial charge in [0.15, 0.2) is 0 Å². The second-order valence-corrected chi connectivity index (χ2v) is 5.51. The van der Waals surface area contributed by atoms with Crippen LogP contribution in [-0.2, 0) is 13.5 Å². The molecule has 0 radical (unpaired) electrons. The van der Waals surface area contributed by atoms with E-state index in [4.69, 9.17) is 5.73 Å². The summed E-state index contributed by atoms with van der Waals surface area (Å²) in [5, 5.41) is 4.21. The molecular formula is C14H25N3. The van der Waals surface area contributed by atoms with Gasteiger partial charge in [-0.2, -0.15) is 5.10 Å². The molecule has 1 fully saturated rings. The maximum atomic E-state index is 6.46. The lowest BCUT2D eigenvalue weighted by Crippen LogP contribution is -2.39. The molecule has 1 unspecified atom stereocenters. The van der Waals surface area contributed by atoms with E-state index < -0.39 is 0 Å². The van der Waals surface area contributed by atoms with Crippen LogP contribution in [0.1, 0.15) is 51.1 Å². The normalized spacial score (nSPS) is 20.6. The quantitative estimate of drug-likeness (QED) is 0.852. The Kier molecular flexibility index (Phi) is 3.87. The van der Waals surface area contributed by atoms with Crippen LogP contribution in [0.4, 0.5) is 0 Å². The van der Waals surface area contributed by atoms with E-state index in [1.165, 1.54) is 37.8 Å². The summed E-state index contributed by atoms with van der Waals surface area (Å²) in [6, 6.07) is 2.45. The molecule has 1 aliphatic carbocycles. The van der Waals surface area contributed by atoms with Crippen LogP contribution in [0.25, 0.3) is 0 Å². The van der Waals surface area contributed by atoms with Crippen LogP contribution in [0.15, 0.2) is 12.3 Å². The topological polar surface area (TPSA) is 43.8 Å². The molecule has 3 nitrogen and oxygen atoms in total. The van der Waals surface area contributed by atoms with E-state index in [-0.39, 0.29) is 0 Å². The van der Waals surface area contributed by atoms with Gasteiger partial charge in [0.1, 0.15) is 0 Å². The van der Waals surface area contributed by atoms with Crippen LogP contribution >= 0.6 is 0 Å². The van der Waals surface area contributed by atoms with Crippen molar-refractivity contribution in [3.8, 4) is 0 Å². The molecule has 1 aliphatic rings. The van der Waals surface area contributed by atoms with E-state index in [1.807, 2.05) is 17.9 Å². The standard InChI is InChI=1S/C14H25N3/c1-3-14(9-4-5-10-14)13(15)7-6-12-8-11-16-17(12)2/h8,11,13H,3-7,9-10,15H2,1-2H3. The zero-order chi connectivity index (χ0) is 12.3. The van der Waals surface area contributed by atoms with Crippen molar-refractivity contribution in [2.45, 2.75) is 57.9 Å². The van der Waals surface area contributed by atoms with Crippen LogP contribution in [0.3, 0.4) is 0 Å². The number of aryl methyl sites for hydroxylation is 2. The monoisotopic (exact) mass is 235 g/mol. The summed E-state index contributed by atoms with van der Waals surface area (Å²) in [7, 11) is 2.01. The van der Waals surface area contributed by atoms with E-state index in [0.717, 1.165) is 12.8 Å². The van der Waals surface area contributed by atoms with E-state index in [9.17, 15) is 0 Å². The van der Waals surface area contributed by atoms with Gasteiger partial charge in [0.25, 0.3) is 0 Å². The molecule has 1 aromatic rings. The molecule has 1 aromatic heterocycles. The van der Waals surface area contributed by atoms with Crippen molar-refractivity contribution in [1.82, 2.24) is 9.78 Å². The van der Waals surface area contributed by atoms with Gasteiger partial charge in [-0.3, -0.25) is 4.68 Å². The molecule has 1 saturated carbocycles. The minimum absolute atomic E-state index is 0.352. The molecule has 0 amide bonds. The molecule has 1 atom stereocenters. The molecule has 96 valence electrons. The summed E-state index contributed by atoms with van der Waals surface area (Å²) in [4.78, 5) is 0. The van der Waals surface area contributed by atoms with Crippen LogP contribution in [0, 0.1) is 5.41 Å². The lowest BCUT2D eigenvalue weighted by molar-refractivity contribution is 0.210. The summed E-state index contributed by atoms with van der Waals surface area (Å²) < 4.78 is 1.96. The molecule has 3 heteroatoms. The highest BCUT2D eigenvalue weighted by Gasteiger charge is 2.37. The summed E-state index contributed by atoms with van der Waals surface area (Å²) >= 11 is 0. The first-order chi connectivity index (χ1) is 8.18. The molecule has 0 aromatic carbocycles. The van der Waals surface area contributed by atoms with Crippen molar-refractivity contribution in [3.05, 3.63) is 18.0 Å². The van der Waals surface area contributed by atoms with E-state index in [2.05, 4.69) is 18.1 Å². The summed E-state index contributed by atoms with van der Waals surface area (Å²) in [5.74, 6) is 0. The van der Waals surface area contributed by atoms with E-state index >= 15 is 0 Å². The first-order valence-corrected chi connectivity index (χ1v) is 6.90. The highest BCUT2D eigenvalue weighted by Crippen LogP contribution is 2.44. The number of hydrogen-bond donors (Lipinski definition) is 1. The lowest BCUT2D eigenvalue weighted by Gasteiger charge is -2.34. The molecule has 0 saturated heterocycles. The maximum absolute atomic E-state index is 6.46. The maximum Gasteiger partial charge on any atom is 0.0492 e. The predicted octanol–water partition coefficient (Wildman–Crippen LogP) is 2.65. The molecule has 2 N–H and O–H groups in total. The first-order valence-electron chi connectivity index (χ1n) is 6.90. The predicted molar refractivity (Wildman–Crippen MR) is 70.7 cm³/mol. The summed E-state index contributed by atoms with van der Waals surface area (Å²) in [6.07, 6.45) is 10.6. The Balaban J connectivity index is 1.92. The van der Waals surface area contributed by atoms with Gasteiger partial charge >= 0.3 is 0 Å². The SMILES string of the molecule is CCC1(C(N)CCc2ccnn2C)CCCC1. The highest BCUT2D eigenvalue weighted by atomic mass is 15.2. The summed E-state index contributed by atoms with van der Waals surface area (Å²) in [6.45, 7) is 2.30. The zero-order valence-corrected chi connectivity index (χ0v) is 11.2.